The van der Waals surface area contributed by atoms with Crippen molar-refractivity contribution in [3.63, 3.8) is 0 Å². The zero-order chi connectivity index (χ0) is 20.5. The number of hydrogen-bond acceptors (Lipinski definition) is 3. The first-order chi connectivity index (χ1) is 13.9. The van der Waals surface area contributed by atoms with Crippen LogP contribution in [0, 0.1) is 13.8 Å². The molecule has 150 valence electrons. The van der Waals surface area contributed by atoms with E-state index in [-0.39, 0.29) is 30.3 Å². The minimum absolute atomic E-state index is 0.0246. The molecule has 0 aliphatic carbocycles. The molecular weight excluding hydrogens is 366 g/mol. The highest BCUT2D eigenvalue weighted by Crippen LogP contribution is 2.25. The average Bonchev–Trinajstić information content (AvgIpc) is 3.19. The minimum Gasteiger partial charge on any atom is -0.329 e. The number of carbonyl (C=O) groups excluding carboxylic acids is 3. The fraction of sp³-hybridized carbons (Fsp3) is 0.348. The predicted molar refractivity (Wildman–Crippen MR) is 110 cm³/mol. The van der Waals surface area contributed by atoms with Crippen LogP contribution in [0.5, 0.6) is 0 Å². The molecule has 0 spiro atoms. The summed E-state index contributed by atoms with van der Waals surface area (Å²) >= 11 is 0. The Morgan fingerprint density at radius 3 is 2.59 bits per heavy atom. The summed E-state index contributed by atoms with van der Waals surface area (Å²) in [5.74, 6) is -0.121. The molecule has 2 heterocycles. The molecule has 1 atom stereocenters. The van der Waals surface area contributed by atoms with Crippen molar-refractivity contribution in [3.8, 4) is 0 Å². The standard InChI is InChI=1S/C23H25N3O3/c1-15-5-10-19(16(2)12-15)24-22(28)18-8-6-17(7-9-18)13-25-14-21(27)26-11-3-4-20(26)23(25)29/h5-10,12,20H,3-4,11,13-14H2,1-2H3,(H,24,28). The number of anilines is 1. The lowest BCUT2D eigenvalue weighted by Gasteiger charge is -2.36. The molecule has 1 N–H and O–H groups in total. The number of hydrogen-bond donors (Lipinski definition) is 1. The van der Waals surface area contributed by atoms with Crippen molar-refractivity contribution in [2.24, 2.45) is 0 Å². The molecule has 2 fully saturated rings. The molecule has 0 bridgehead atoms. The molecule has 1 unspecified atom stereocenters. The second-order valence-corrected chi connectivity index (χ2v) is 7.91. The van der Waals surface area contributed by atoms with Gasteiger partial charge in [0.15, 0.2) is 0 Å². The van der Waals surface area contributed by atoms with Crippen molar-refractivity contribution < 1.29 is 14.4 Å². The van der Waals surface area contributed by atoms with Crippen LogP contribution in [0.15, 0.2) is 42.5 Å². The van der Waals surface area contributed by atoms with Crippen molar-refractivity contribution in [2.45, 2.75) is 39.3 Å². The number of fused-ring (bicyclic) bond motifs is 1. The van der Waals surface area contributed by atoms with Crippen LogP contribution in [0.2, 0.25) is 0 Å². The Balaban J connectivity index is 1.42. The van der Waals surface area contributed by atoms with Gasteiger partial charge in [0.1, 0.15) is 12.6 Å². The summed E-state index contributed by atoms with van der Waals surface area (Å²) in [7, 11) is 0. The van der Waals surface area contributed by atoms with Gasteiger partial charge in [-0.15, -0.1) is 0 Å². The molecule has 29 heavy (non-hydrogen) atoms. The molecule has 6 heteroatoms. The molecular formula is C23H25N3O3. The van der Waals surface area contributed by atoms with Gasteiger partial charge in [-0.3, -0.25) is 14.4 Å². The molecule has 2 aromatic rings. The van der Waals surface area contributed by atoms with Gasteiger partial charge in [-0.25, -0.2) is 0 Å². The Hall–Kier alpha value is -3.15. The van der Waals surface area contributed by atoms with Crippen LogP contribution in [0.1, 0.15) is 39.9 Å². The largest absolute Gasteiger partial charge is 0.329 e. The lowest BCUT2D eigenvalue weighted by Crippen LogP contribution is -2.56. The number of rotatable bonds is 4. The van der Waals surface area contributed by atoms with Crippen LogP contribution in [-0.2, 0) is 16.1 Å². The maximum absolute atomic E-state index is 12.7. The highest BCUT2D eigenvalue weighted by Gasteiger charge is 2.41. The third kappa shape index (κ3) is 3.88. The second kappa shape index (κ2) is 7.70. The van der Waals surface area contributed by atoms with E-state index >= 15 is 0 Å². The van der Waals surface area contributed by atoms with Crippen molar-refractivity contribution in [1.82, 2.24) is 9.80 Å². The summed E-state index contributed by atoms with van der Waals surface area (Å²) in [6.45, 7) is 5.18. The molecule has 2 saturated heterocycles. The number of amides is 3. The molecule has 2 aliphatic heterocycles. The van der Waals surface area contributed by atoms with Gasteiger partial charge in [-0.05, 0) is 56.0 Å². The molecule has 0 aromatic heterocycles. The van der Waals surface area contributed by atoms with Gasteiger partial charge >= 0.3 is 0 Å². The van der Waals surface area contributed by atoms with Crippen LogP contribution in [0.4, 0.5) is 5.69 Å². The van der Waals surface area contributed by atoms with E-state index in [1.807, 2.05) is 44.2 Å². The van der Waals surface area contributed by atoms with E-state index in [1.54, 1.807) is 21.9 Å². The number of nitrogens with one attached hydrogen (secondary N) is 1. The fourth-order valence-corrected chi connectivity index (χ4v) is 4.13. The van der Waals surface area contributed by atoms with E-state index in [0.717, 1.165) is 35.2 Å². The molecule has 4 rings (SSSR count). The maximum Gasteiger partial charge on any atom is 0.255 e. The molecule has 0 radical (unpaired) electrons. The lowest BCUT2D eigenvalue weighted by atomic mass is 10.1. The van der Waals surface area contributed by atoms with Crippen LogP contribution < -0.4 is 5.32 Å². The summed E-state index contributed by atoms with van der Waals surface area (Å²) in [5.41, 5.74) is 4.42. The summed E-state index contributed by atoms with van der Waals surface area (Å²) < 4.78 is 0. The quantitative estimate of drug-likeness (QED) is 0.871. The Labute approximate surface area is 170 Å². The van der Waals surface area contributed by atoms with Crippen molar-refractivity contribution in [2.75, 3.05) is 18.4 Å². The van der Waals surface area contributed by atoms with E-state index < -0.39 is 0 Å². The Morgan fingerprint density at radius 2 is 1.86 bits per heavy atom. The first kappa shape index (κ1) is 19.2. The molecule has 0 saturated carbocycles. The van der Waals surface area contributed by atoms with Crippen LogP contribution in [-0.4, -0.2) is 46.7 Å². The predicted octanol–water partition coefficient (Wildman–Crippen LogP) is 2.89. The van der Waals surface area contributed by atoms with Gasteiger partial charge in [0, 0.05) is 24.3 Å². The second-order valence-electron chi connectivity index (χ2n) is 7.91. The Morgan fingerprint density at radius 1 is 1.10 bits per heavy atom. The first-order valence-corrected chi connectivity index (χ1v) is 9.98. The summed E-state index contributed by atoms with van der Waals surface area (Å²) in [5, 5.41) is 2.94. The van der Waals surface area contributed by atoms with Crippen molar-refractivity contribution >= 4 is 23.4 Å². The topological polar surface area (TPSA) is 69.7 Å². The van der Waals surface area contributed by atoms with Gasteiger partial charge in [0.25, 0.3) is 5.91 Å². The van der Waals surface area contributed by atoms with Gasteiger partial charge in [-0.1, -0.05) is 29.8 Å². The average molecular weight is 391 g/mol. The van der Waals surface area contributed by atoms with E-state index in [9.17, 15) is 14.4 Å². The van der Waals surface area contributed by atoms with E-state index in [4.69, 9.17) is 0 Å². The van der Waals surface area contributed by atoms with Crippen LogP contribution in [0.25, 0.3) is 0 Å². The van der Waals surface area contributed by atoms with Gasteiger partial charge in [0.05, 0.1) is 0 Å². The smallest absolute Gasteiger partial charge is 0.255 e. The fourth-order valence-electron chi connectivity index (χ4n) is 4.13. The van der Waals surface area contributed by atoms with E-state index in [0.29, 0.717) is 18.7 Å². The zero-order valence-electron chi connectivity index (χ0n) is 16.8. The van der Waals surface area contributed by atoms with Gasteiger partial charge in [-0.2, -0.15) is 0 Å². The van der Waals surface area contributed by atoms with Crippen molar-refractivity contribution in [3.05, 3.63) is 64.7 Å². The first-order valence-electron chi connectivity index (χ1n) is 9.98. The molecule has 2 aromatic carbocycles. The van der Waals surface area contributed by atoms with Crippen LogP contribution in [0.3, 0.4) is 0 Å². The maximum atomic E-state index is 12.7. The third-order valence-electron chi connectivity index (χ3n) is 5.72. The molecule has 2 aliphatic rings. The number of nitrogens with zero attached hydrogens (tertiary/aromatic N) is 2. The Kier molecular flexibility index (Phi) is 5.09. The zero-order valence-corrected chi connectivity index (χ0v) is 16.8. The molecule has 3 amide bonds. The van der Waals surface area contributed by atoms with Crippen molar-refractivity contribution in [1.29, 1.82) is 0 Å². The Bertz CT molecular complexity index is 968. The SMILES string of the molecule is Cc1ccc(NC(=O)c2ccc(CN3CC(=O)N4CCCC4C3=O)cc2)c(C)c1. The number of benzene rings is 2. The minimum atomic E-state index is -0.293. The summed E-state index contributed by atoms with van der Waals surface area (Å²) in [4.78, 5) is 40.8. The highest BCUT2D eigenvalue weighted by molar-refractivity contribution is 6.04. The normalized spacial score (nSPS) is 18.8. The van der Waals surface area contributed by atoms with Crippen LogP contribution >= 0.6 is 0 Å². The molecule has 6 nitrogen and oxygen atoms in total. The number of carbonyl (C=O) groups is 3. The summed E-state index contributed by atoms with van der Waals surface area (Å²) in [6.07, 6.45) is 1.64. The van der Waals surface area contributed by atoms with Gasteiger partial charge in [0.2, 0.25) is 11.8 Å². The van der Waals surface area contributed by atoms with E-state index in [1.165, 1.54) is 0 Å². The number of aryl methyl sites for hydroxylation is 2. The lowest BCUT2D eigenvalue weighted by molar-refractivity contribution is -0.154. The third-order valence-corrected chi connectivity index (χ3v) is 5.72. The van der Waals surface area contributed by atoms with Gasteiger partial charge < -0.3 is 15.1 Å². The number of piperazine rings is 1. The summed E-state index contributed by atoms with van der Waals surface area (Å²) in [6, 6.07) is 12.8. The highest BCUT2D eigenvalue weighted by atomic mass is 16.2. The monoisotopic (exact) mass is 391 g/mol. The van der Waals surface area contributed by atoms with E-state index in [2.05, 4.69) is 5.32 Å².